The average Bonchev–Trinajstić information content (AvgIpc) is 2.83. The molecule has 1 aromatic carbocycles. The Morgan fingerprint density at radius 2 is 2.00 bits per heavy atom. The fourth-order valence-electron chi connectivity index (χ4n) is 2.99. The summed E-state index contributed by atoms with van der Waals surface area (Å²) in [4.78, 5) is 0. The number of nitrogens with two attached hydrogens (primary N) is 1. The van der Waals surface area contributed by atoms with Gasteiger partial charge in [0.05, 0.1) is 6.10 Å². The highest BCUT2D eigenvalue weighted by atomic mass is 16.5. The second kappa shape index (κ2) is 5.85. The van der Waals surface area contributed by atoms with Crippen LogP contribution < -0.4 is 5.73 Å². The first kappa shape index (κ1) is 13.6. The Hall–Kier alpha value is -0.860. The molecule has 0 aromatic heterocycles. The van der Waals surface area contributed by atoms with Crippen LogP contribution in [0.2, 0.25) is 0 Å². The van der Waals surface area contributed by atoms with Crippen molar-refractivity contribution in [3.63, 3.8) is 0 Å². The van der Waals surface area contributed by atoms with E-state index >= 15 is 0 Å². The molecule has 0 amide bonds. The fourth-order valence-corrected chi connectivity index (χ4v) is 2.99. The highest BCUT2D eigenvalue weighted by Gasteiger charge is 2.30. The minimum Gasteiger partial charge on any atom is -0.378 e. The van der Waals surface area contributed by atoms with E-state index in [0.717, 1.165) is 25.9 Å². The van der Waals surface area contributed by atoms with Crippen molar-refractivity contribution in [3.05, 3.63) is 34.9 Å². The Bertz CT molecular complexity index is 402. The van der Waals surface area contributed by atoms with Crippen LogP contribution in [0.3, 0.4) is 0 Å². The molecule has 2 heteroatoms. The van der Waals surface area contributed by atoms with E-state index in [0.29, 0.717) is 5.92 Å². The molecule has 1 aliphatic heterocycles. The van der Waals surface area contributed by atoms with Crippen LogP contribution in [-0.2, 0) is 17.6 Å². The fraction of sp³-hybridized carbons (Fsp3) is 0.625. The van der Waals surface area contributed by atoms with Gasteiger partial charge in [0.15, 0.2) is 0 Å². The van der Waals surface area contributed by atoms with Gasteiger partial charge in [-0.15, -0.1) is 0 Å². The molecule has 0 spiro atoms. The Labute approximate surface area is 111 Å². The lowest BCUT2D eigenvalue weighted by atomic mass is 9.87. The van der Waals surface area contributed by atoms with Crippen molar-refractivity contribution in [2.75, 3.05) is 6.61 Å². The smallest absolute Gasteiger partial charge is 0.0594 e. The topological polar surface area (TPSA) is 35.2 Å². The molecule has 0 saturated carbocycles. The highest BCUT2D eigenvalue weighted by Crippen LogP contribution is 2.32. The quantitative estimate of drug-likeness (QED) is 0.886. The molecule has 0 aliphatic carbocycles. The van der Waals surface area contributed by atoms with E-state index in [4.69, 9.17) is 10.5 Å². The minimum atomic E-state index is 0.110. The number of aryl methyl sites for hydroxylation is 2. The normalized spacial score (nSPS) is 25.3. The maximum atomic E-state index is 6.43. The van der Waals surface area contributed by atoms with Gasteiger partial charge in [-0.25, -0.2) is 0 Å². The molecule has 2 nitrogen and oxygen atoms in total. The SMILES string of the molecule is CCc1ccc(C(N)C2CCOC2C)cc1CC. The number of benzene rings is 1. The third-order valence-electron chi connectivity index (χ3n) is 4.27. The summed E-state index contributed by atoms with van der Waals surface area (Å²) < 4.78 is 5.63. The Kier molecular flexibility index (Phi) is 4.41. The van der Waals surface area contributed by atoms with Gasteiger partial charge in [-0.3, -0.25) is 0 Å². The Balaban J connectivity index is 2.22. The molecule has 2 rings (SSSR count). The standard InChI is InChI=1S/C16H25NO/c1-4-12-6-7-14(10-13(12)5-2)16(17)15-8-9-18-11(15)3/h6-7,10-11,15-16H,4-5,8-9,17H2,1-3H3. The van der Waals surface area contributed by atoms with Crippen molar-refractivity contribution < 1.29 is 4.74 Å². The van der Waals surface area contributed by atoms with Crippen LogP contribution in [0, 0.1) is 5.92 Å². The second-order valence-corrected chi connectivity index (χ2v) is 5.29. The molecular weight excluding hydrogens is 222 g/mol. The Morgan fingerprint density at radius 3 is 2.56 bits per heavy atom. The van der Waals surface area contributed by atoms with Gasteiger partial charge in [0.1, 0.15) is 0 Å². The van der Waals surface area contributed by atoms with Crippen molar-refractivity contribution >= 4 is 0 Å². The number of ether oxygens (including phenoxy) is 1. The maximum absolute atomic E-state index is 6.43. The zero-order valence-electron chi connectivity index (χ0n) is 11.8. The number of hydrogen-bond acceptors (Lipinski definition) is 2. The van der Waals surface area contributed by atoms with Gasteiger partial charge < -0.3 is 10.5 Å². The van der Waals surface area contributed by atoms with Crippen LogP contribution in [0.1, 0.15) is 49.9 Å². The lowest BCUT2D eigenvalue weighted by Crippen LogP contribution is -2.26. The largest absolute Gasteiger partial charge is 0.378 e. The summed E-state index contributed by atoms with van der Waals surface area (Å²) in [5.41, 5.74) is 10.6. The van der Waals surface area contributed by atoms with Crippen molar-refractivity contribution in [2.45, 2.75) is 52.2 Å². The van der Waals surface area contributed by atoms with E-state index in [2.05, 4.69) is 39.0 Å². The third kappa shape index (κ3) is 2.60. The summed E-state index contributed by atoms with van der Waals surface area (Å²) in [7, 11) is 0. The molecule has 1 aliphatic rings. The van der Waals surface area contributed by atoms with Crippen molar-refractivity contribution in [1.82, 2.24) is 0 Å². The summed E-state index contributed by atoms with van der Waals surface area (Å²) in [6, 6.07) is 6.86. The molecule has 1 fully saturated rings. The van der Waals surface area contributed by atoms with Crippen LogP contribution in [0.5, 0.6) is 0 Å². The van der Waals surface area contributed by atoms with Gasteiger partial charge in [-0.1, -0.05) is 32.0 Å². The predicted molar refractivity (Wildman–Crippen MR) is 75.6 cm³/mol. The van der Waals surface area contributed by atoms with E-state index in [9.17, 15) is 0 Å². The maximum Gasteiger partial charge on any atom is 0.0594 e. The van der Waals surface area contributed by atoms with Gasteiger partial charge in [0.25, 0.3) is 0 Å². The molecule has 100 valence electrons. The second-order valence-electron chi connectivity index (χ2n) is 5.29. The monoisotopic (exact) mass is 247 g/mol. The first-order chi connectivity index (χ1) is 8.67. The third-order valence-corrected chi connectivity index (χ3v) is 4.27. The summed E-state index contributed by atoms with van der Waals surface area (Å²) in [6.07, 6.45) is 3.55. The van der Waals surface area contributed by atoms with E-state index < -0.39 is 0 Å². The molecule has 0 radical (unpaired) electrons. The van der Waals surface area contributed by atoms with Gasteiger partial charge in [-0.05, 0) is 42.9 Å². The average molecular weight is 247 g/mol. The molecule has 0 bridgehead atoms. The van der Waals surface area contributed by atoms with E-state index in [-0.39, 0.29) is 12.1 Å². The van der Waals surface area contributed by atoms with Gasteiger partial charge in [0, 0.05) is 18.6 Å². The van der Waals surface area contributed by atoms with E-state index in [1.54, 1.807) is 0 Å². The molecule has 1 heterocycles. The lowest BCUT2D eigenvalue weighted by molar-refractivity contribution is 0.0995. The molecule has 3 atom stereocenters. The number of rotatable bonds is 4. The molecule has 3 unspecified atom stereocenters. The van der Waals surface area contributed by atoms with Gasteiger partial charge in [0.2, 0.25) is 0 Å². The first-order valence-corrected chi connectivity index (χ1v) is 7.16. The van der Waals surface area contributed by atoms with Gasteiger partial charge in [-0.2, -0.15) is 0 Å². The molecule has 1 aromatic rings. The Morgan fingerprint density at radius 1 is 1.28 bits per heavy atom. The minimum absolute atomic E-state index is 0.110. The van der Waals surface area contributed by atoms with Crippen molar-refractivity contribution in [3.8, 4) is 0 Å². The van der Waals surface area contributed by atoms with Crippen LogP contribution in [0.15, 0.2) is 18.2 Å². The summed E-state index contributed by atoms with van der Waals surface area (Å²) in [5, 5.41) is 0. The van der Waals surface area contributed by atoms with Crippen LogP contribution >= 0.6 is 0 Å². The lowest BCUT2D eigenvalue weighted by Gasteiger charge is -2.23. The van der Waals surface area contributed by atoms with Crippen molar-refractivity contribution in [1.29, 1.82) is 0 Å². The highest BCUT2D eigenvalue weighted by molar-refractivity contribution is 5.34. The number of hydrogen-bond donors (Lipinski definition) is 1. The summed E-state index contributed by atoms with van der Waals surface area (Å²) in [6.45, 7) is 7.41. The van der Waals surface area contributed by atoms with Crippen LogP contribution in [0.4, 0.5) is 0 Å². The zero-order chi connectivity index (χ0) is 13.1. The van der Waals surface area contributed by atoms with Crippen LogP contribution in [0.25, 0.3) is 0 Å². The molecular formula is C16H25NO. The van der Waals surface area contributed by atoms with E-state index in [1.165, 1.54) is 16.7 Å². The van der Waals surface area contributed by atoms with Crippen LogP contribution in [-0.4, -0.2) is 12.7 Å². The zero-order valence-corrected chi connectivity index (χ0v) is 11.8. The predicted octanol–water partition coefficient (Wildman–Crippen LogP) is 3.24. The molecule has 2 N–H and O–H groups in total. The first-order valence-electron chi connectivity index (χ1n) is 7.16. The summed E-state index contributed by atoms with van der Waals surface area (Å²) >= 11 is 0. The molecule has 18 heavy (non-hydrogen) atoms. The van der Waals surface area contributed by atoms with Crippen molar-refractivity contribution in [2.24, 2.45) is 11.7 Å². The summed E-state index contributed by atoms with van der Waals surface area (Å²) in [5.74, 6) is 0.460. The van der Waals surface area contributed by atoms with E-state index in [1.807, 2.05) is 0 Å². The molecule has 1 saturated heterocycles. The van der Waals surface area contributed by atoms with Gasteiger partial charge >= 0.3 is 0 Å².